The molecular formula is C64H87ClN8O19S. The van der Waals surface area contributed by atoms with Gasteiger partial charge >= 0.3 is 30.3 Å². The van der Waals surface area contributed by atoms with Gasteiger partial charge in [-0.3, -0.25) is 29.8 Å². The summed E-state index contributed by atoms with van der Waals surface area (Å²) in [4.78, 5) is 127. The molecule has 5 N–H and O–H groups in total. The van der Waals surface area contributed by atoms with Crippen molar-refractivity contribution in [1.82, 2.24) is 30.2 Å². The summed E-state index contributed by atoms with van der Waals surface area (Å²) in [5.41, 5.74) is -0.861. The molecule has 2 aromatic rings. The highest BCUT2D eigenvalue weighted by atomic mass is 35.5. The third kappa shape index (κ3) is 18.8. The SMILES string of the molecule is COc1cc2cc(c1Cl)N(C)C(=O)C[C@H](OC(=O)[C@H](C)N(C)C(=O)CCOC(=O)N(C)CCN(C)C(=O)OCc1ccc(NC(=O)OC3/C=C/CCCCC3)c(C(=O)NCCN3C(=O)CC(S)C3O)c1)[C@]1(C)O[C@H]1[C@H](C)[C@@H]1C[C@@](O)(NC(=O)O1)[C@H](OC)/C=C/C=C(\C)C2. The van der Waals surface area contributed by atoms with Crippen molar-refractivity contribution in [3.63, 3.8) is 0 Å². The number of methoxy groups -OCH3 is 2. The number of aliphatic hydroxyl groups excluding tert-OH is 1. The van der Waals surface area contributed by atoms with Gasteiger partial charge in [0.2, 0.25) is 17.7 Å². The number of carbonyl (C=O) groups is 9. The summed E-state index contributed by atoms with van der Waals surface area (Å²) in [5.74, 6) is -3.31. The van der Waals surface area contributed by atoms with Crippen molar-refractivity contribution >= 4 is 89.6 Å². The van der Waals surface area contributed by atoms with Crippen molar-refractivity contribution in [3.8, 4) is 5.75 Å². The van der Waals surface area contributed by atoms with E-state index in [2.05, 4.69) is 28.6 Å². The smallest absolute Gasteiger partial charge is 0.412 e. The number of carbonyl (C=O) groups excluding carboxylic acids is 9. The van der Waals surface area contributed by atoms with Crippen molar-refractivity contribution in [1.29, 1.82) is 0 Å². The molecule has 0 spiro atoms. The van der Waals surface area contributed by atoms with Crippen LogP contribution in [0, 0.1) is 5.92 Å². The van der Waals surface area contributed by atoms with E-state index >= 15 is 0 Å². The average molecular weight is 1340 g/mol. The maximum atomic E-state index is 14.4. The van der Waals surface area contributed by atoms with Gasteiger partial charge in [-0.1, -0.05) is 60.9 Å². The number of benzene rings is 2. The lowest BCUT2D eigenvalue weighted by Gasteiger charge is -2.42. The molecule has 11 atom stereocenters. The van der Waals surface area contributed by atoms with Gasteiger partial charge in [-0.25, -0.2) is 24.0 Å². The van der Waals surface area contributed by atoms with Crippen LogP contribution in [0.5, 0.6) is 5.75 Å². The van der Waals surface area contributed by atoms with E-state index in [0.717, 1.165) is 41.7 Å². The van der Waals surface area contributed by atoms with Crippen LogP contribution < -0.4 is 25.6 Å². The first kappa shape index (κ1) is 72.8. The zero-order valence-electron chi connectivity index (χ0n) is 54.2. The standard InChI is InChI=1S/C64H87ClN8O19S/c1-37-17-16-20-49(86-10)64(84)35-47(90-60(81)68-64)38(2)55-63(4,92-55)50(34-52(75)72(8)45-31-41(29-37)32-46(85-9)54(45)65)91-58(79)39(3)71(7)51(74)23-28-87-61(82)69(5)26-27-70(6)62(83)88-36-40-21-22-44(67-59(80)89-42-18-14-12-11-13-15-19-42)43(30-40)56(77)66-24-25-73-53(76)33-48(93)57(73)78/h14,16-18,20-22,30-32,38-39,42,47-50,55,57,78,84,93H,11-13,15,19,23-29,33-36H2,1-10H3,(H,66,77)(H,67,80)(H,68,81)/b18-14+,20-16+,37-17+/t38-,39+,42?,47+,48?,49-,50+,55+,57?,63+,64+/m1/s1. The number of likely N-dealkylation sites (N-methyl/N-ethyl adjacent to an activating group) is 3. The monoisotopic (exact) mass is 1340 g/mol. The van der Waals surface area contributed by atoms with Gasteiger partial charge in [0.1, 0.15) is 66.3 Å². The zero-order chi connectivity index (χ0) is 68.1. The van der Waals surface area contributed by atoms with Gasteiger partial charge in [0, 0.05) is 80.2 Å². The number of ether oxygens (including phenoxy) is 8. The fourth-order valence-corrected chi connectivity index (χ4v) is 12.0. The Balaban J connectivity index is 0.927. The first-order valence-electron chi connectivity index (χ1n) is 30.9. The lowest BCUT2D eigenvalue weighted by Crippen LogP contribution is -2.63. The Bertz CT molecular complexity index is 3190. The van der Waals surface area contributed by atoms with E-state index in [1.807, 2.05) is 25.2 Å². The molecule has 29 heteroatoms. The van der Waals surface area contributed by atoms with E-state index in [4.69, 9.17) is 49.5 Å². The quantitative estimate of drug-likeness (QED) is 0.0297. The normalized spacial score (nSPS) is 27.2. The number of thiol groups is 1. The minimum atomic E-state index is -1.91. The topological polar surface area (TPSA) is 324 Å². The summed E-state index contributed by atoms with van der Waals surface area (Å²) in [6.07, 6.45) is 4.02. The summed E-state index contributed by atoms with van der Waals surface area (Å²) in [7, 11) is 8.60. The number of allylic oxidation sites excluding steroid dienone is 4. The molecule has 4 bridgehead atoms. The minimum Gasteiger partial charge on any atom is -0.495 e. The van der Waals surface area contributed by atoms with Crippen molar-refractivity contribution < 1.29 is 91.3 Å². The Morgan fingerprint density at radius 3 is 2.37 bits per heavy atom. The predicted octanol–water partition coefficient (Wildman–Crippen LogP) is 6.26. The van der Waals surface area contributed by atoms with E-state index in [1.165, 1.54) is 81.1 Å². The molecule has 8 amide bonds. The summed E-state index contributed by atoms with van der Waals surface area (Å²) < 4.78 is 46.0. The highest BCUT2D eigenvalue weighted by Gasteiger charge is 2.64. The molecule has 3 unspecified atom stereocenters. The number of anilines is 2. The fourth-order valence-electron chi connectivity index (χ4n) is 11.3. The number of epoxide rings is 1. The second-order valence-corrected chi connectivity index (χ2v) is 25.3. The average Bonchev–Trinajstić information content (AvgIpc) is 1.57. The number of fused-ring (bicyclic) bond motifs is 5. The Hall–Kier alpha value is -7.63. The third-order valence-corrected chi connectivity index (χ3v) is 18.2. The maximum Gasteiger partial charge on any atom is 0.412 e. The molecule has 0 aromatic heterocycles. The van der Waals surface area contributed by atoms with Crippen LogP contribution in [-0.2, 0) is 65.4 Å². The molecule has 93 heavy (non-hydrogen) atoms. The Morgan fingerprint density at radius 2 is 1.68 bits per heavy atom. The van der Waals surface area contributed by atoms with Gasteiger partial charge < -0.3 is 77.9 Å². The van der Waals surface area contributed by atoms with Crippen LogP contribution in [0.25, 0.3) is 0 Å². The van der Waals surface area contributed by atoms with E-state index in [1.54, 1.807) is 44.2 Å². The number of amides is 8. The number of rotatable bonds is 19. The number of halogens is 1. The summed E-state index contributed by atoms with van der Waals surface area (Å²) in [6.45, 7) is 5.91. The highest BCUT2D eigenvalue weighted by molar-refractivity contribution is 7.81. The maximum absolute atomic E-state index is 14.4. The van der Waals surface area contributed by atoms with Gasteiger partial charge in [-0.05, 0) is 94.3 Å². The lowest BCUT2D eigenvalue weighted by atomic mass is 9.83. The molecule has 27 nitrogen and oxygen atoms in total. The molecule has 510 valence electrons. The van der Waals surface area contributed by atoms with Gasteiger partial charge in [0.25, 0.3) is 5.91 Å². The number of aliphatic hydroxyl groups is 2. The largest absolute Gasteiger partial charge is 0.495 e. The van der Waals surface area contributed by atoms with E-state index in [-0.39, 0.29) is 74.2 Å². The van der Waals surface area contributed by atoms with E-state index in [0.29, 0.717) is 29.8 Å². The number of hydrogen-bond donors (Lipinski definition) is 6. The molecule has 7 rings (SSSR count). The van der Waals surface area contributed by atoms with Crippen LogP contribution in [0.3, 0.4) is 0 Å². The van der Waals surface area contributed by atoms with Crippen molar-refractivity contribution in [2.45, 2.75) is 158 Å². The molecule has 3 fully saturated rings. The van der Waals surface area contributed by atoms with Crippen molar-refractivity contribution in [3.05, 3.63) is 88.0 Å². The first-order chi connectivity index (χ1) is 44.1. The van der Waals surface area contributed by atoms with Gasteiger partial charge in [0.15, 0.2) is 5.72 Å². The Kier molecular flexibility index (Phi) is 25.4. The molecule has 4 aliphatic heterocycles. The lowest BCUT2D eigenvalue weighted by molar-refractivity contribution is -0.162. The van der Waals surface area contributed by atoms with Crippen LogP contribution in [0.15, 0.2) is 66.3 Å². The number of likely N-dealkylation sites (tertiary alicyclic amines) is 1. The first-order valence-corrected chi connectivity index (χ1v) is 31.8. The molecule has 0 saturated carbocycles. The number of hydrogen-bond acceptors (Lipinski definition) is 20. The minimum absolute atomic E-state index is 0.00159. The van der Waals surface area contributed by atoms with Gasteiger partial charge in [-0.2, -0.15) is 12.6 Å². The second-order valence-electron chi connectivity index (χ2n) is 24.2. The summed E-state index contributed by atoms with van der Waals surface area (Å²) in [6, 6.07) is 6.71. The van der Waals surface area contributed by atoms with Crippen LogP contribution in [0.1, 0.15) is 107 Å². The third-order valence-electron chi connectivity index (χ3n) is 17.4. The number of nitrogens with one attached hydrogen (secondary N) is 3. The number of nitrogens with zero attached hydrogens (tertiary/aromatic N) is 5. The van der Waals surface area contributed by atoms with Crippen molar-refractivity contribution in [2.75, 3.05) is 85.4 Å². The Morgan fingerprint density at radius 1 is 0.957 bits per heavy atom. The molecule has 0 radical (unpaired) electrons. The molecule has 4 heterocycles. The zero-order valence-corrected chi connectivity index (χ0v) is 55.8. The highest BCUT2D eigenvalue weighted by Crippen LogP contribution is 2.49. The van der Waals surface area contributed by atoms with Crippen LogP contribution in [0.4, 0.5) is 30.6 Å². The molecule has 3 saturated heterocycles. The van der Waals surface area contributed by atoms with E-state index in [9.17, 15) is 53.4 Å². The second kappa shape index (κ2) is 32.5. The molecular weight excluding hydrogens is 1250 g/mol. The summed E-state index contributed by atoms with van der Waals surface area (Å²) in [5, 5.41) is 29.7. The molecule has 5 aliphatic rings. The van der Waals surface area contributed by atoms with Crippen LogP contribution >= 0.6 is 24.2 Å². The van der Waals surface area contributed by atoms with Crippen LogP contribution in [0.2, 0.25) is 5.02 Å². The Labute approximate surface area is 551 Å². The number of esters is 1. The predicted molar refractivity (Wildman–Crippen MR) is 342 cm³/mol. The molecule has 2 aromatic carbocycles. The van der Waals surface area contributed by atoms with Gasteiger partial charge in [-0.15, -0.1) is 0 Å². The number of alkyl carbamates (subject to hydrolysis) is 1. The van der Waals surface area contributed by atoms with Crippen LogP contribution in [-0.4, -0.2) is 218 Å². The van der Waals surface area contributed by atoms with Crippen molar-refractivity contribution in [2.24, 2.45) is 5.92 Å². The summed E-state index contributed by atoms with van der Waals surface area (Å²) >= 11 is 11.1. The van der Waals surface area contributed by atoms with E-state index < -0.39 is 126 Å². The van der Waals surface area contributed by atoms with Gasteiger partial charge in [0.05, 0.1) is 48.2 Å². The molecule has 1 aliphatic carbocycles. The fraction of sp³-hybridized carbons (Fsp3) is 0.578.